The SMILES string of the molecule is O=S(=O)(N[C@H]1CCCc2ccccc21)c1c(F)cc(F)cc1Br. The first-order valence-corrected chi connectivity index (χ1v) is 9.41. The van der Waals surface area contributed by atoms with Crippen molar-refractivity contribution in [3.05, 3.63) is 63.6 Å². The molecule has 0 saturated carbocycles. The normalized spacial score (nSPS) is 17.8. The van der Waals surface area contributed by atoms with E-state index < -0.39 is 32.6 Å². The highest BCUT2D eigenvalue weighted by atomic mass is 79.9. The third kappa shape index (κ3) is 3.32. The van der Waals surface area contributed by atoms with Gasteiger partial charge in [0.1, 0.15) is 16.5 Å². The summed E-state index contributed by atoms with van der Waals surface area (Å²) in [6, 6.07) is 8.68. The predicted octanol–water partition coefficient (Wildman–Crippen LogP) is 4.08. The van der Waals surface area contributed by atoms with Gasteiger partial charge in [-0.1, -0.05) is 24.3 Å². The minimum Gasteiger partial charge on any atom is -0.207 e. The lowest BCUT2D eigenvalue weighted by molar-refractivity contribution is 0.499. The highest BCUT2D eigenvalue weighted by molar-refractivity contribution is 9.10. The van der Waals surface area contributed by atoms with Crippen LogP contribution in [0.5, 0.6) is 0 Å². The topological polar surface area (TPSA) is 46.2 Å². The van der Waals surface area contributed by atoms with Crippen LogP contribution < -0.4 is 4.72 Å². The van der Waals surface area contributed by atoms with Crippen molar-refractivity contribution in [2.75, 3.05) is 0 Å². The molecule has 0 spiro atoms. The summed E-state index contributed by atoms with van der Waals surface area (Å²) >= 11 is 2.93. The third-order valence-corrected chi connectivity index (χ3v) is 6.33. The molecule has 1 aliphatic carbocycles. The summed E-state index contributed by atoms with van der Waals surface area (Å²) in [6.45, 7) is 0. The average molecular weight is 402 g/mol. The third-order valence-electron chi connectivity index (χ3n) is 3.90. The van der Waals surface area contributed by atoms with E-state index in [0.717, 1.165) is 30.0 Å². The highest BCUT2D eigenvalue weighted by Gasteiger charge is 2.29. The van der Waals surface area contributed by atoms with Gasteiger partial charge in [0.25, 0.3) is 0 Å². The molecule has 2 aromatic rings. The summed E-state index contributed by atoms with van der Waals surface area (Å²) < 4.78 is 54.7. The Kier molecular flexibility index (Phi) is 4.53. The van der Waals surface area contributed by atoms with Gasteiger partial charge in [0.15, 0.2) is 0 Å². The van der Waals surface area contributed by atoms with Gasteiger partial charge in [-0.2, -0.15) is 0 Å². The standard InChI is InChI=1S/C16H14BrF2NO2S/c17-13-8-11(18)9-14(19)16(13)23(21,22)20-15-7-3-5-10-4-1-2-6-12(10)15/h1-2,4,6,8-9,15,20H,3,5,7H2/t15-/m0/s1. The Labute approximate surface area is 141 Å². The fourth-order valence-corrected chi connectivity index (χ4v) is 5.32. The van der Waals surface area contributed by atoms with Crippen LogP contribution in [0.25, 0.3) is 0 Å². The van der Waals surface area contributed by atoms with Crippen molar-refractivity contribution in [1.82, 2.24) is 4.72 Å². The van der Waals surface area contributed by atoms with Crippen LogP contribution in [-0.2, 0) is 16.4 Å². The summed E-state index contributed by atoms with van der Waals surface area (Å²) in [5, 5.41) is 0. The fraction of sp³-hybridized carbons (Fsp3) is 0.250. The number of rotatable bonds is 3. The van der Waals surface area contributed by atoms with Gasteiger partial charge in [-0.15, -0.1) is 0 Å². The monoisotopic (exact) mass is 401 g/mol. The second-order valence-electron chi connectivity index (χ2n) is 5.46. The largest absolute Gasteiger partial charge is 0.245 e. The molecule has 1 N–H and O–H groups in total. The smallest absolute Gasteiger partial charge is 0.207 e. The second-order valence-corrected chi connectivity index (χ2v) is 7.97. The van der Waals surface area contributed by atoms with Crippen molar-refractivity contribution >= 4 is 26.0 Å². The van der Waals surface area contributed by atoms with Gasteiger partial charge in [-0.3, -0.25) is 0 Å². The molecule has 122 valence electrons. The van der Waals surface area contributed by atoms with Crippen molar-refractivity contribution in [1.29, 1.82) is 0 Å². The number of sulfonamides is 1. The van der Waals surface area contributed by atoms with E-state index in [0.29, 0.717) is 12.5 Å². The molecule has 0 bridgehead atoms. The Hall–Kier alpha value is -1.31. The molecule has 2 aromatic carbocycles. The molecule has 3 rings (SSSR count). The van der Waals surface area contributed by atoms with E-state index >= 15 is 0 Å². The first kappa shape index (κ1) is 16.5. The summed E-state index contributed by atoms with van der Waals surface area (Å²) in [5.74, 6) is -1.95. The van der Waals surface area contributed by atoms with Gasteiger partial charge in [0, 0.05) is 16.6 Å². The maximum atomic E-state index is 14.0. The molecule has 3 nitrogen and oxygen atoms in total. The number of benzene rings is 2. The number of halogens is 3. The van der Waals surface area contributed by atoms with Crippen molar-refractivity contribution in [2.45, 2.75) is 30.2 Å². The minimum absolute atomic E-state index is 0.133. The molecule has 0 saturated heterocycles. The quantitative estimate of drug-likeness (QED) is 0.841. The summed E-state index contributed by atoms with van der Waals surface area (Å²) in [7, 11) is -4.12. The van der Waals surface area contributed by atoms with Gasteiger partial charge < -0.3 is 0 Å². The van der Waals surface area contributed by atoms with Gasteiger partial charge in [-0.25, -0.2) is 21.9 Å². The molecule has 0 radical (unpaired) electrons. The van der Waals surface area contributed by atoms with Gasteiger partial charge in [0.2, 0.25) is 10.0 Å². The Morgan fingerprint density at radius 3 is 2.65 bits per heavy atom. The molecule has 1 aliphatic rings. The molecule has 0 unspecified atom stereocenters. The summed E-state index contributed by atoms with van der Waals surface area (Å²) in [6.07, 6.45) is 2.37. The molecule has 0 heterocycles. The van der Waals surface area contributed by atoms with E-state index in [-0.39, 0.29) is 4.47 Å². The van der Waals surface area contributed by atoms with Crippen LogP contribution in [0.3, 0.4) is 0 Å². The van der Waals surface area contributed by atoms with Crippen molar-refractivity contribution in [3.8, 4) is 0 Å². The van der Waals surface area contributed by atoms with Crippen LogP contribution in [0, 0.1) is 11.6 Å². The van der Waals surface area contributed by atoms with Crippen LogP contribution in [0.2, 0.25) is 0 Å². The Balaban J connectivity index is 1.98. The second kappa shape index (κ2) is 6.30. The average Bonchev–Trinajstić information content (AvgIpc) is 2.45. The maximum absolute atomic E-state index is 14.0. The minimum atomic E-state index is -4.12. The van der Waals surface area contributed by atoms with Crippen LogP contribution in [0.1, 0.15) is 30.0 Å². The van der Waals surface area contributed by atoms with Crippen LogP contribution >= 0.6 is 15.9 Å². The zero-order chi connectivity index (χ0) is 16.6. The van der Waals surface area contributed by atoms with Crippen molar-refractivity contribution in [2.24, 2.45) is 0 Å². The van der Waals surface area contributed by atoms with Crippen LogP contribution in [0.15, 0.2) is 45.8 Å². The van der Waals surface area contributed by atoms with Crippen LogP contribution in [-0.4, -0.2) is 8.42 Å². The van der Waals surface area contributed by atoms with Gasteiger partial charge in [-0.05, 0) is 52.4 Å². The van der Waals surface area contributed by atoms with Gasteiger partial charge >= 0.3 is 0 Å². The number of hydrogen-bond acceptors (Lipinski definition) is 2. The lowest BCUT2D eigenvalue weighted by Gasteiger charge is -2.26. The molecule has 0 amide bonds. The molecule has 0 aromatic heterocycles. The van der Waals surface area contributed by atoms with Gasteiger partial charge in [0.05, 0.1) is 0 Å². The molecule has 23 heavy (non-hydrogen) atoms. The van der Waals surface area contributed by atoms with Crippen molar-refractivity contribution < 1.29 is 17.2 Å². The fourth-order valence-electron chi connectivity index (χ4n) is 2.91. The molecule has 1 atom stereocenters. The van der Waals surface area contributed by atoms with E-state index in [1.807, 2.05) is 24.3 Å². The lowest BCUT2D eigenvalue weighted by Crippen LogP contribution is -2.31. The maximum Gasteiger partial charge on any atom is 0.245 e. The van der Waals surface area contributed by atoms with Crippen molar-refractivity contribution in [3.63, 3.8) is 0 Å². The molecule has 7 heteroatoms. The van der Waals surface area contributed by atoms with E-state index in [1.54, 1.807) is 0 Å². The Bertz CT molecular complexity index is 832. The number of aryl methyl sites for hydroxylation is 1. The zero-order valence-electron chi connectivity index (χ0n) is 12.0. The predicted molar refractivity (Wildman–Crippen MR) is 86.5 cm³/mol. The first-order chi connectivity index (χ1) is 10.9. The van der Waals surface area contributed by atoms with Crippen LogP contribution in [0.4, 0.5) is 8.78 Å². The molecular weight excluding hydrogens is 388 g/mol. The van der Waals surface area contributed by atoms with E-state index in [1.165, 1.54) is 0 Å². The lowest BCUT2D eigenvalue weighted by atomic mass is 9.88. The summed E-state index contributed by atoms with van der Waals surface area (Å²) in [4.78, 5) is -0.568. The Morgan fingerprint density at radius 1 is 1.17 bits per heavy atom. The van der Waals surface area contributed by atoms with E-state index in [4.69, 9.17) is 0 Å². The highest BCUT2D eigenvalue weighted by Crippen LogP contribution is 2.33. The molecule has 0 aliphatic heterocycles. The zero-order valence-corrected chi connectivity index (χ0v) is 14.4. The molecule has 0 fully saturated rings. The summed E-state index contributed by atoms with van der Waals surface area (Å²) in [5.41, 5.74) is 1.99. The Morgan fingerprint density at radius 2 is 1.91 bits per heavy atom. The van der Waals surface area contributed by atoms with E-state index in [2.05, 4.69) is 20.7 Å². The number of nitrogens with one attached hydrogen (secondary N) is 1. The number of hydrogen-bond donors (Lipinski definition) is 1. The van der Waals surface area contributed by atoms with E-state index in [9.17, 15) is 17.2 Å². The molecular formula is C16H14BrF2NO2S. The first-order valence-electron chi connectivity index (χ1n) is 7.13. The number of fused-ring (bicyclic) bond motifs is 1.